The Morgan fingerprint density at radius 2 is 2.11 bits per heavy atom. The Morgan fingerprint density at radius 1 is 1.56 bits per heavy atom. The van der Waals surface area contributed by atoms with Crippen molar-refractivity contribution in [3.05, 3.63) is 24.8 Å². The molecule has 0 spiro atoms. The van der Waals surface area contributed by atoms with E-state index in [2.05, 4.69) is 6.58 Å². The summed E-state index contributed by atoms with van der Waals surface area (Å²) in [5.74, 6) is 0. The van der Waals surface area contributed by atoms with Crippen molar-refractivity contribution < 1.29 is 4.79 Å². The predicted molar refractivity (Wildman–Crippen MR) is 39.2 cm³/mol. The van der Waals surface area contributed by atoms with Crippen molar-refractivity contribution in [2.24, 2.45) is 5.41 Å². The van der Waals surface area contributed by atoms with Gasteiger partial charge in [0.2, 0.25) is 0 Å². The molecule has 0 saturated heterocycles. The molecule has 1 atom stereocenters. The highest BCUT2D eigenvalue weighted by atomic mass is 16.1. The molecule has 0 aromatic heterocycles. The lowest BCUT2D eigenvalue weighted by molar-refractivity contribution is -0.111. The Kier molecular flexibility index (Phi) is 2.93. The van der Waals surface area contributed by atoms with Gasteiger partial charge >= 0.3 is 0 Å². The van der Waals surface area contributed by atoms with E-state index in [-0.39, 0.29) is 0 Å². The molecule has 0 heterocycles. The standard InChI is InChI=1S/C8H12O/c1-4-6-8(3,5-2)7-9/h4-7H,2H2,1,3H3/b6-4+. The largest absolute Gasteiger partial charge is 0.302 e. The van der Waals surface area contributed by atoms with Crippen molar-refractivity contribution in [3.63, 3.8) is 0 Å². The number of aldehydes is 1. The fourth-order valence-electron chi connectivity index (χ4n) is 0.515. The monoisotopic (exact) mass is 124 g/mol. The van der Waals surface area contributed by atoms with Crippen molar-refractivity contribution in [2.45, 2.75) is 13.8 Å². The number of carbonyl (C=O) groups excluding carboxylic acids is 1. The molecule has 0 amide bonds. The first-order chi connectivity index (χ1) is 4.18. The highest BCUT2D eigenvalue weighted by molar-refractivity contribution is 5.65. The van der Waals surface area contributed by atoms with Crippen molar-refractivity contribution in [1.82, 2.24) is 0 Å². The molecule has 1 unspecified atom stereocenters. The maximum Gasteiger partial charge on any atom is 0.133 e. The molecule has 0 radical (unpaired) electrons. The van der Waals surface area contributed by atoms with Crippen LogP contribution in [0, 0.1) is 5.41 Å². The van der Waals surface area contributed by atoms with E-state index in [4.69, 9.17) is 0 Å². The lowest BCUT2D eigenvalue weighted by Crippen LogP contribution is -2.09. The first-order valence-electron chi connectivity index (χ1n) is 2.92. The fraction of sp³-hybridized carbons (Fsp3) is 0.375. The van der Waals surface area contributed by atoms with Crippen LogP contribution in [0.2, 0.25) is 0 Å². The van der Waals surface area contributed by atoms with Gasteiger partial charge in [-0.3, -0.25) is 0 Å². The SMILES string of the molecule is C=CC(C)(C=O)/C=C/C. The van der Waals surface area contributed by atoms with Crippen molar-refractivity contribution in [1.29, 1.82) is 0 Å². The summed E-state index contributed by atoms with van der Waals surface area (Å²) in [5, 5.41) is 0. The zero-order valence-corrected chi connectivity index (χ0v) is 5.92. The van der Waals surface area contributed by atoms with Gasteiger partial charge in [0.25, 0.3) is 0 Å². The molecule has 0 N–H and O–H groups in total. The molecule has 1 nitrogen and oxygen atoms in total. The Balaban J connectivity index is 4.26. The van der Waals surface area contributed by atoms with Crippen LogP contribution in [0.1, 0.15) is 13.8 Å². The summed E-state index contributed by atoms with van der Waals surface area (Å²) in [6, 6.07) is 0. The molecular formula is C8H12O. The molecule has 0 aromatic rings. The second-order valence-electron chi connectivity index (χ2n) is 2.19. The summed E-state index contributed by atoms with van der Waals surface area (Å²) in [6.07, 6.45) is 6.16. The first kappa shape index (κ1) is 8.15. The molecule has 1 heteroatoms. The zero-order valence-electron chi connectivity index (χ0n) is 5.92. The highest BCUT2D eigenvalue weighted by Crippen LogP contribution is 2.14. The summed E-state index contributed by atoms with van der Waals surface area (Å²) in [6.45, 7) is 7.23. The van der Waals surface area contributed by atoms with Crippen LogP contribution in [-0.2, 0) is 4.79 Å². The van der Waals surface area contributed by atoms with Crippen LogP contribution < -0.4 is 0 Å². The summed E-state index contributed by atoms with van der Waals surface area (Å²) in [7, 11) is 0. The van der Waals surface area contributed by atoms with E-state index in [9.17, 15) is 4.79 Å². The topological polar surface area (TPSA) is 17.1 Å². The van der Waals surface area contributed by atoms with Gasteiger partial charge in [-0.1, -0.05) is 18.2 Å². The molecule has 0 aromatic carbocycles. The normalized spacial score (nSPS) is 17.1. The van der Waals surface area contributed by atoms with Crippen LogP contribution in [0.15, 0.2) is 24.8 Å². The van der Waals surface area contributed by atoms with Gasteiger partial charge in [-0.25, -0.2) is 0 Å². The molecule has 0 aliphatic heterocycles. The van der Waals surface area contributed by atoms with Gasteiger partial charge in [0.15, 0.2) is 0 Å². The Bertz CT molecular complexity index is 126. The van der Waals surface area contributed by atoms with Gasteiger partial charge < -0.3 is 4.79 Å². The van der Waals surface area contributed by atoms with Crippen molar-refractivity contribution >= 4 is 6.29 Å². The fourth-order valence-corrected chi connectivity index (χ4v) is 0.515. The molecule has 0 saturated carbocycles. The van der Waals surface area contributed by atoms with E-state index in [1.54, 1.807) is 6.08 Å². The summed E-state index contributed by atoms with van der Waals surface area (Å²) >= 11 is 0. The molecule has 9 heavy (non-hydrogen) atoms. The van der Waals surface area contributed by atoms with Gasteiger partial charge in [-0.05, 0) is 13.8 Å². The minimum Gasteiger partial charge on any atom is -0.302 e. The average Bonchev–Trinajstić information content (AvgIpc) is 1.89. The Labute approximate surface area is 56.1 Å². The third-order valence-electron chi connectivity index (χ3n) is 1.22. The number of hydrogen-bond donors (Lipinski definition) is 0. The Morgan fingerprint density at radius 3 is 2.22 bits per heavy atom. The minimum atomic E-state index is -0.464. The maximum atomic E-state index is 10.3. The smallest absolute Gasteiger partial charge is 0.133 e. The zero-order chi connectivity index (χ0) is 7.33. The van der Waals surface area contributed by atoms with Crippen LogP contribution >= 0.6 is 0 Å². The van der Waals surface area contributed by atoms with Gasteiger partial charge in [0.1, 0.15) is 6.29 Å². The van der Waals surface area contributed by atoms with E-state index in [0.717, 1.165) is 6.29 Å². The lowest BCUT2D eigenvalue weighted by atomic mass is 9.93. The molecular weight excluding hydrogens is 112 g/mol. The van der Waals surface area contributed by atoms with Crippen molar-refractivity contribution in [2.75, 3.05) is 0 Å². The van der Waals surface area contributed by atoms with Crippen LogP contribution in [0.3, 0.4) is 0 Å². The summed E-state index contributed by atoms with van der Waals surface area (Å²) < 4.78 is 0. The third kappa shape index (κ3) is 2.27. The first-order valence-corrected chi connectivity index (χ1v) is 2.92. The van der Waals surface area contributed by atoms with Gasteiger partial charge in [-0.15, -0.1) is 6.58 Å². The third-order valence-corrected chi connectivity index (χ3v) is 1.22. The highest BCUT2D eigenvalue weighted by Gasteiger charge is 2.12. The summed E-state index contributed by atoms with van der Waals surface area (Å²) in [5.41, 5.74) is -0.464. The molecule has 0 aliphatic carbocycles. The van der Waals surface area contributed by atoms with Crippen LogP contribution in [0.4, 0.5) is 0 Å². The van der Waals surface area contributed by atoms with Crippen LogP contribution in [0.5, 0.6) is 0 Å². The number of rotatable bonds is 3. The van der Waals surface area contributed by atoms with E-state index < -0.39 is 5.41 Å². The van der Waals surface area contributed by atoms with Crippen LogP contribution in [0.25, 0.3) is 0 Å². The van der Waals surface area contributed by atoms with E-state index in [0.29, 0.717) is 0 Å². The Hall–Kier alpha value is -0.850. The lowest BCUT2D eigenvalue weighted by Gasteiger charge is -2.10. The van der Waals surface area contributed by atoms with Crippen molar-refractivity contribution in [3.8, 4) is 0 Å². The second kappa shape index (κ2) is 3.23. The van der Waals surface area contributed by atoms with E-state index in [1.807, 2.05) is 26.0 Å². The molecule has 0 aliphatic rings. The molecule has 50 valence electrons. The molecule has 0 fully saturated rings. The summed E-state index contributed by atoms with van der Waals surface area (Å²) in [4.78, 5) is 10.3. The maximum absolute atomic E-state index is 10.3. The van der Waals surface area contributed by atoms with E-state index >= 15 is 0 Å². The van der Waals surface area contributed by atoms with Crippen LogP contribution in [-0.4, -0.2) is 6.29 Å². The minimum absolute atomic E-state index is 0.464. The number of hydrogen-bond acceptors (Lipinski definition) is 1. The number of allylic oxidation sites excluding steroid dienone is 3. The van der Waals surface area contributed by atoms with Gasteiger partial charge in [-0.2, -0.15) is 0 Å². The van der Waals surface area contributed by atoms with Gasteiger partial charge in [0.05, 0.1) is 5.41 Å². The quantitative estimate of drug-likeness (QED) is 0.415. The molecule has 0 rings (SSSR count). The predicted octanol–water partition coefficient (Wildman–Crippen LogP) is 1.95. The van der Waals surface area contributed by atoms with Gasteiger partial charge in [0, 0.05) is 0 Å². The molecule has 0 bridgehead atoms. The second-order valence-corrected chi connectivity index (χ2v) is 2.19. The number of carbonyl (C=O) groups is 1. The van der Waals surface area contributed by atoms with E-state index in [1.165, 1.54) is 0 Å². The average molecular weight is 124 g/mol.